The number of nitrogen functional groups attached to an aromatic ring is 1. The number of benzene rings is 1. The summed E-state index contributed by atoms with van der Waals surface area (Å²) < 4.78 is 5.17. The molecule has 0 aliphatic carbocycles. The number of likely N-dealkylation sites (N-methyl/N-ethyl adjacent to an activating group) is 1. The second-order valence-electron chi connectivity index (χ2n) is 3.77. The van der Waals surface area contributed by atoms with E-state index in [1.165, 1.54) is 0 Å². The van der Waals surface area contributed by atoms with Gasteiger partial charge in [0, 0.05) is 24.4 Å². The van der Waals surface area contributed by atoms with Crippen LogP contribution >= 0.6 is 0 Å². The van der Waals surface area contributed by atoms with E-state index in [1.807, 2.05) is 25.2 Å². The van der Waals surface area contributed by atoms with E-state index in [-0.39, 0.29) is 0 Å². The number of rotatable bonds is 4. The van der Waals surface area contributed by atoms with Gasteiger partial charge in [-0.2, -0.15) is 0 Å². The van der Waals surface area contributed by atoms with Crippen LogP contribution in [0.4, 0.5) is 5.95 Å². The molecule has 0 atom stereocenters. The maximum absolute atomic E-state index is 5.70. The van der Waals surface area contributed by atoms with Crippen molar-refractivity contribution in [2.75, 3.05) is 26.4 Å². The van der Waals surface area contributed by atoms with Crippen LogP contribution in [0.3, 0.4) is 0 Å². The molecule has 2 aromatic rings. The van der Waals surface area contributed by atoms with E-state index < -0.39 is 0 Å². The van der Waals surface area contributed by atoms with Crippen molar-refractivity contribution >= 4 is 16.9 Å². The number of aromatic nitrogens is 2. The van der Waals surface area contributed by atoms with Crippen LogP contribution in [-0.2, 0) is 6.42 Å². The Labute approximate surface area is 100 Å². The maximum atomic E-state index is 5.70. The van der Waals surface area contributed by atoms with E-state index in [4.69, 9.17) is 10.5 Å². The summed E-state index contributed by atoms with van der Waals surface area (Å²) >= 11 is 0. The highest BCUT2D eigenvalue weighted by Crippen LogP contribution is 2.22. The number of hydrogen-bond acceptors (Lipinski definition) is 5. The molecule has 0 radical (unpaired) electrons. The summed E-state index contributed by atoms with van der Waals surface area (Å²) in [6.07, 6.45) is 0.825. The predicted molar refractivity (Wildman–Crippen MR) is 68.1 cm³/mol. The molecule has 1 aromatic heterocycles. The lowest BCUT2D eigenvalue weighted by molar-refractivity contribution is 0.415. The fourth-order valence-electron chi connectivity index (χ4n) is 1.76. The Balaban J connectivity index is 2.51. The largest absolute Gasteiger partial charge is 0.497 e. The summed E-state index contributed by atoms with van der Waals surface area (Å²) in [7, 11) is 3.55. The third-order valence-corrected chi connectivity index (χ3v) is 2.61. The van der Waals surface area contributed by atoms with Crippen molar-refractivity contribution < 1.29 is 4.74 Å². The number of anilines is 1. The van der Waals surface area contributed by atoms with Gasteiger partial charge in [-0.1, -0.05) is 0 Å². The second kappa shape index (κ2) is 4.97. The Hall–Kier alpha value is -1.88. The molecule has 17 heavy (non-hydrogen) atoms. The van der Waals surface area contributed by atoms with Crippen LogP contribution in [0.15, 0.2) is 18.2 Å². The van der Waals surface area contributed by atoms with Gasteiger partial charge in [-0.05, 0) is 19.2 Å². The molecule has 1 aromatic carbocycles. The van der Waals surface area contributed by atoms with E-state index >= 15 is 0 Å². The average Bonchev–Trinajstić information content (AvgIpc) is 2.34. The van der Waals surface area contributed by atoms with Gasteiger partial charge < -0.3 is 15.8 Å². The van der Waals surface area contributed by atoms with Gasteiger partial charge in [0.1, 0.15) is 5.75 Å². The van der Waals surface area contributed by atoms with Crippen molar-refractivity contribution in [1.29, 1.82) is 0 Å². The van der Waals surface area contributed by atoms with Crippen molar-refractivity contribution in [1.82, 2.24) is 15.3 Å². The zero-order chi connectivity index (χ0) is 12.3. The Morgan fingerprint density at radius 3 is 2.88 bits per heavy atom. The minimum atomic E-state index is 0.303. The van der Waals surface area contributed by atoms with Crippen LogP contribution < -0.4 is 15.8 Å². The summed E-state index contributed by atoms with van der Waals surface area (Å²) in [4.78, 5) is 8.50. The molecule has 0 saturated heterocycles. The number of ether oxygens (including phenoxy) is 1. The third-order valence-electron chi connectivity index (χ3n) is 2.61. The Morgan fingerprint density at radius 1 is 1.35 bits per heavy atom. The average molecular weight is 232 g/mol. The highest BCUT2D eigenvalue weighted by atomic mass is 16.5. The Kier molecular flexibility index (Phi) is 3.39. The van der Waals surface area contributed by atoms with Crippen molar-refractivity contribution in [3.05, 3.63) is 23.9 Å². The van der Waals surface area contributed by atoms with Crippen molar-refractivity contribution in [3.63, 3.8) is 0 Å². The zero-order valence-corrected chi connectivity index (χ0v) is 10.0. The number of nitrogens with two attached hydrogens (primary N) is 1. The molecule has 0 aliphatic rings. The molecule has 1 heterocycles. The van der Waals surface area contributed by atoms with Crippen LogP contribution in [-0.4, -0.2) is 30.7 Å². The smallest absolute Gasteiger partial charge is 0.220 e. The summed E-state index contributed by atoms with van der Waals surface area (Å²) in [5.74, 6) is 1.08. The molecule has 3 N–H and O–H groups in total. The number of nitrogens with zero attached hydrogens (tertiary/aromatic N) is 2. The molecule has 5 nitrogen and oxygen atoms in total. The van der Waals surface area contributed by atoms with E-state index in [2.05, 4.69) is 15.3 Å². The van der Waals surface area contributed by atoms with Gasteiger partial charge in [-0.25, -0.2) is 9.97 Å². The van der Waals surface area contributed by atoms with Crippen molar-refractivity contribution in [2.24, 2.45) is 0 Å². The van der Waals surface area contributed by atoms with Gasteiger partial charge in [0.2, 0.25) is 5.95 Å². The van der Waals surface area contributed by atoms with Crippen LogP contribution in [0.5, 0.6) is 5.75 Å². The van der Waals surface area contributed by atoms with Gasteiger partial charge in [0.15, 0.2) is 0 Å². The van der Waals surface area contributed by atoms with Gasteiger partial charge in [-0.3, -0.25) is 0 Å². The molecule has 0 unspecified atom stereocenters. The SMILES string of the molecule is CNCCc1nc(N)nc2cc(OC)ccc12. The molecular formula is C12H16N4O. The van der Waals surface area contributed by atoms with Gasteiger partial charge in [0.05, 0.1) is 18.3 Å². The zero-order valence-electron chi connectivity index (χ0n) is 10.0. The molecule has 0 saturated carbocycles. The van der Waals surface area contributed by atoms with E-state index in [9.17, 15) is 0 Å². The first-order valence-electron chi connectivity index (χ1n) is 5.49. The van der Waals surface area contributed by atoms with E-state index in [1.54, 1.807) is 7.11 Å². The molecule has 5 heteroatoms. The van der Waals surface area contributed by atoms with Crippen LogP contribution in [0.2, 0.25) is 0 Å². The fourth-order valence-corrected chi connectivity index (χ4v) is 1.76. The predicted octanol–water partition coefficient (Wildman–Crippen LogP) is 0.982. The lowest BCUT2D eigenvalue weighted by Crippen LogP contribution is -2.12. The highest BCUT2D eigenvalue weighted by Gasteiger charge is 2.06. The summed E-state index contributed by atoms with van der Waals surface area (Å²) in [5, 5.41) is 4.12. The number of fused-ring (bicyclic) bond motifs is 1. The quantitative estimate of drug-likeness (QED) is 0.822. The fraction of sp³-hybridized carbons (Fsp3) is 0.333. The molecule has 0 spiro atoms. The molecule has 0 aliphatic heterocycles. The molecular weight excluding hydrogens is 216 g/mol. The van der Waals surface area contributed by atoms with E-state index in [0.717, 1.165) is 35.3 Å². The highest BCUT2D eigenvalue weighted by molar-refractivity contribution is 5.83. The van der Waals surface area contributed by atoms with Crippen LogP contribution in [0.1, 0.15) is 5.69 Å². The van der Waals surface area contributed by atoms with Gasteiger partial charge in [0.25, 0.3) is 0 Å². The normalized spacial score (nSPS) is 10.7. The molecule has 0 amide bonds. The maximum Gasteiger partial charge on any atom is 0.220 e. The number of nitrogens with one attached hydrogen (secondary N) is 1. The summed E-state index contributed by atoms with van der Waals surface area (Å²) in [5.41, 5.74) is 7.49. The topological polar surface area (TPSA) is 73.1 Å². The third kappa shape index (κ3) is 2.45. The minimum absolute atomic E-state index is 0.303. The van der Waals surface area contributed by atoms with Crippen molar-refractivity contribution in [2.45, 2.75) is 6.42 Å². The summed E-state index contributed by atoms with van der Waals surface area (Å²) in [6.45, 7) is 0.859. The number of methoxy groups -OCH3 is 1. The number of hydrogen-bond donors (Lipinski definition) is 2. The molecule has 90 valence electrons. The lowest BCUT2D eigenvalue weighted by Gasteiger charge is -2.07. The first-order valence-corrected chi connectivity index (χ1v) is 5.49. The first kappa shape index (κ1) is 11.6. The summed E-state index contributed by atoms with van der Waals surface area (Å²) in [6, 6.07) is 5.75. The van der Waals surface area contributed by atoms with Gasteiger partial charge in [-0.15, -0.1) is 0 Å². The Bertz CT molecular complexity index is 527. The second-order valence-corrected chi connectivity index (χ2v) is 3.77. The first-order chi connectivity index (χ1) is 8.24. The van der Waals surface area contributed by atoms with Crippen LogP contribution in [0.25, 0.3) is 10.9 Å². The van der Waals surface area contributed by atoms with Gasteiger partial charge >= 0.3 is 0 Å². The minimum Gasteiger partial charge on any atom is -0.497 e. The Morgan fingerprint density at radius 2 is 2.18 bits per heavy atom. The van der Waals surface area contributed by atoms with E-state index in [0.29, 0.717) is 5.95 Å². The molecule has 2 rings (SSSR count). The standard InChI is InChI=1S/C12H16N4O/c1-14-6-5-10-9-4-3-8(17-2)7-11(9)16-12(13)15-10/h3-4,7,14H,5-6H2,1-2H3,(H2,13,15,16). The van der Waals surface area contributed by atoms with Crippen LogP contribution in [0, 0.1) is 0 Å². The lowest BCUT2D eigenvalue weighted by atomic mass is 10.1. The molecule has 0 fully saturated rings. The monoisotopic (exact) mass is 232 g/mol. The van der Waals surface area contributed by atoms with Crippen molar-refractivity contribution in [3.8, 4) is 5.75 Å². The molecule has 0 bridgehead atoms.